The van der Waals surface area contributed by atoms with Crippen molar-refractivity contribution in [1.29, 1.82) is 0 Å². The summed E-state index contributed by atoms with van der Waals surface area (Å²) in [6.45, 7) is 1.98. The molecule has 0 saturated heterocycles. The van der Waals surface area contributed by atoms with Gasteiger partial charge in [-0.25, -0.2) is 18.4 Å². The average molecular weight is 477 g/mol. The van der Waals surface area contributed by atoms with Gasteiger partial charge in [0, 0.05) is 12.4 Å². The number of rotatable bonds is 1. The predicted octanol–water partition coefficient (Wildman–Crippen LogP) is 5.93. The van der Waals surface area contributed by atoms with Gasteiger partial charge in [-0.3, -0.25) is 4.40 Å². The summed E-state index contributed by atoms with van der Waals surface area (Å²) < 4.78 is 29.0. The number of anilines is 2. The maximum absolute atomic E-state index is 13.5. The highest BCUT2D eigenvalue weighted by Gasteiger charge is 2.32. The Bertz CT molecular complexity index is 1960. The van der Waals surface area contributed by atoms with Gasteiger partial charge in [0.05, 0.1) is 37.7 Å². The van der Waals surface area contributed by atoms with Gasteiger partial charge < -0.3 is 4.90 Å². The van der Waals surface area contributed by atoms with Crippen LogP contribution >= 0.6 is 0 Å². The summed E-state index contributed by atoms with van der Waals surface area (Å²) in [5.74, 6) is 0.851. The topological polar surface area (TPSA) is 67.6 Å². The normalized spacial score (nSPS) is 14.4. The van der Waals surface area contributed by atoms with Crippen molar-refractivity contribution in [2.24, 2.45) is 0 Å². The van der Waals surface area contributed by atoms with Gasteiger partial charge >= 0.3 is 0 Å². The van der Waals surface area contributed by atoms with Crippen molar-refractivity contribution in [2.75, 3.05) is 11.9 Å². The number of hydrogen-bond donors (Lipinski definition) is 0. The lowest BCUT2D eigenvalue weighted by atomic mass is 10.0. The van der Waals surface area contributed by atoms with E-state index in [1.54, 1.807) is 18.2 Å². The van der Waals surface area contributed by atoms with Crippen molar-refractivity contribution in [3.8, 4) is 11.1 Å². The van der Waals surface area contributed by atoms with Gasteiger partial charge in [0.15, 0.2) is 0 Å². The molecule has 0 radical (unpaired) electrons. The molecule has 1 aliphatic rings. The number of aryl methyl sites for hydroxylation is 1. The van der Waals surface area contributed by atoms with Crippen molar-refractivity contribution in [1.82, 2.24) is 14.4 Å². The molecule has 3 heterocycles. The summed E-state index contributed by atoms with van der Waals surface area (Å²) in [5, 5.41) is 0.954. The van der Waals surface area contributed by atoms with E-state index < -0.39 is 9.84 Å². The van der Waals surface area contributed by atoms with Crippen LogP contribution in [0.25, 0.3) is 38.7 Å². The molecule has 4 aromatic carbocycles. The fraction of sp³-hybridized carbons (Fsp3) is 0.0714. The Hall–Kier alpha value is -4.23. The molecule has 6 nitrogen and oxygen atoms in total. The molecule has 7 heteroatoms. The van der Waals surface area contributed by atoms with Gasteiger partial charge in [-0.1, -0.05) is 36.4 Å². The molecule has 0 bridgehead atoms. The first-order valence-electron chi connectivity index (χ1n) is 11.3. The molecule has 0 spiro atoms. The van der Waals surface area contributed by atoms with Crippen LogP contribution in [-0.2, 0) is 9.84 Å². The summed E-state index contributed by atoms with van der Waals surface area (Å²) in [7, 11) is -1.73. The van der Waals surface area contributed by atoms with Gasteiger partial charge in [0.1, 0.15) is 11.5 Å². The maximum atomic E-state index is 13.5. The molecule has 6 aromatic rings. The minimum Gasteiger partial charge on any atom is -0.342 e. The lowest BCUT2D eigenvalue weighted by Gasteiger charge is -2.30. The van der Waals surface area contributed by atoms with Crippen molar-refractivity contribution >= 4 is 48.8 Å². The van der Waals surface area contributed by atoms with Crippen molar-refractivity contribution in [2.45, 2.75) is 16.7 Å². The average Bonchev–Trinajstić information content (AvgIpc) is 3.27. The first-order valence-corrected chi connectivity index (χ1v) is 12.8. The van der Waals surface area contributed by atoms with Crippen LogP contribution in [0.15, 0.2) is 94.7 Å². The number of benzene rings is 4. The third-order valence-corrected chi connectivity index (χ3v) is 8.70. The van der Waals surface area contributed by atoms with Gasteiger partial charge in [-0.2, -0.15) is 0 Å². The number of nitrogens with zero attached hydrogens (tertiary/aromatic N) is 4. The quantitative estimate of drug-likeness (QED) is 0.294. The highest BCUT2D eigenvalue weighted by Crippen LogP contribution is 2.44. The third kappa shape index (κ3) is 2.73. The largest absolute Gasteiger partial charge is 0.342 e. The van der Waals surface area contributed by atoms with E-state index in [2.05, 4.69) is 4.40 Å². The van der Waals surface area contributed by atoms with Gasteiger partial charge in [-0.05, 0) is 66.6 Å². The highest BCUT2D eigenvalue weighted by molar-refractivity contribution is 7.92. The van der Waals surface area contributed by atoms with Crippen molar-refractivity contribution < 1.29 is 8.42 Å². The number of aromatic nitrogens is 3. The first kappa shape index (κ1) is 20.2. The molecule has 1 aliphatic heterocycles. The lowest BCUT2D eigenvalue weighted by Crippen LogP contribution is -2.22. The summed E-state index contributed by atoms with van der Waals surface area (Å²) in [6.07, 6.45) is 0. The van der Waals surface area contributed by atoms with Crippen LogP contribution in [0.5, 0.6) is 0 Å². The zero-order valence-corrected chi connectivity index (χ0v) is 19.9. The first-order chi connectivity index (χ1) is 16.9. The molecule has 0 atom stereocenters. The monoisotopic (exact) mass is 476 g/mol. The molecule has 7 rings (SSSR count). The van der Waals surface area contributed by atoms with E-state index >= 15 is 0 Å². The van der Waals surface area contributed by atoms with Crippen LogP contribution in [0.3, 0.4) is 0 Å². The second-order valence-electron chi connectivity index (χ2n) is 8.86. The molecule has 2 aromatic heterocycles. The Morgan fingerprint density at radius 2 is 1.43 bits per heavy atom. The Kier molecular flexibility index (Phi) is 3.97. The van der Waals surface area contributed by atoms with E-state index in [-0.39, 0.29) is 0 Å². The van der Waals surface area contributed by atoms with Crippen LogP contribution in [0, 0.1) is 6.92 Å². The Morgan fingerprint density at radius 3 is 2.31 bits per heavy atom. The molecular formula is C28H20N4O2S. The zero-order chi connectivity index (χ0) is 23.9. The molecule has 0 amide bonds. The molecular weight excluding hydrogens is 456 g/mol. The molecule has 0 N–H and O–H groups in total. The summed E-state index contributed by atoms with van der Waals surface area (Å²) in [5.41, 5.74) is 6.75. The van der Waals surface area contributed by atoms with Gasteiger partial charge in [-0.15, -0.1) is 0 Å². The maximum Gasteiger partial charge on any atom is 0.210 e. The van der Waals surface area contributed by atoms with Crippen LogP contribution in [-0.4, -0.2) is 29.8 Å². The molecule has 170 valence electrons. The van der Waals surface area contributed by atoms with E-state index in [9.17, 15) is 8.42 Å². The summed E-state index contributed by atoms with van der Waals surface area (Å²) in [6, 6.07) is 26.8. The van der Waals surface area contributed by atoms with E-state index in [4.69, 9.17) is 9.97 Å². The van der Waals surface area contributed by atoms with E-state index in [0.29, 0.717) is 21.2 Å². The van der Waals surface area contributed by atoms with Crippen LogP contribution < -0.4 is 4.90 Å². The highest BCUT2D eigenvalue weighted by atomic mass is 32.2. The lowest BCUT2D eigenvalue weighted by molar-refractivity contribution is 0.594. The van der Waals surface area contributed by atoms with Crippen molar-refractivity contribution in [3.63, 3.8) is 0 Å². The minimum absolute atomic E-state index is 0.315. The number of fused-ring (bicyclic) bond motifs is 7. The fourth-order valence-corrected chi connectivity index (χ4v) is 6.88. The van der Waals surface area contributed by atoms with E-state index in [0.717, 1.165) is 44.5 Å². The second kappa shape index (κ2) is 6.90. The molecule has 0 unspecified atom stereocenters. The van der Waals surface area contributed by atoms with E-state index in [1.807, 2.05) is 85.6 Å². The van der Waals surface area contributed by atoms with Crippen LogP contribution in [0.1, 0.15) is 5.82 Å². The smallest absolute Gasteiger partial charge is 0.210 e. The number of imidazole rings is 1. The predicted molar refractivity (Wildman–Crippen MR) is 138 cm³/mol. The zero-order valence-electron chi connectivity index (χ0n) is 19.1. The van der Waals surface area contributed by atoms with Gasteiger partial charge in [0.2, 0.25) is 9.84 Å². The number of hydrogen-bond acceptors (Lipinski definition) is 5. The molecule has 0 fully saturated rings. The second-order valence-corrected chi connectivity index (χ2v) is 10.7. The third-order valence-electron chi connectivity index (χ3n) is 6.87. The van der Waals surface area contributed by atoms with Gasteiger partial charge in [0.25, 0.3) is 0 Å². The minimum atomic E-state index is -3.63. The van der Waals surface area contributed by atoms with E-state index in [1.165, 1.54) is 0 Å². The molecule has 0 saturated carbocycles. The number of para-hydroxylation sites is 3. The summed E-state index contributed by atoms with van der Waals surface area (Å²) in [4.78, 5) is 12.3. The van der Waals surface area contributed by atoms with Crippen LogP contribution in [0.4, 0.5) is 11.4 Å². The SMILES string of the molecule is Cc1nc2cc(-c3ccc4c(c3)S(=O)(=O)c3ccccc3N4C)ccc2c2nc3ccccc3n12. The Morgan fingerprint density at radius 1 is 0.714 bits per heavy atom. The standard InChI is InChI=1S/C28H20N4O2S/c1-17-29-22-15-18(11-13-20(22)28-30-21-7-3-4-8-23(21)32(17)28)19-12-14-25-27(16-19)35(33,34)26-10-6-5-9-24(26)31(25)2/h3-16H,1-2H3. The Balaban J connectivity index is 1.42. The summed E-state index contributed by atoms with van der Waals surface area (Å²) >= 11 is 0. The number of sulfone groups is 1. The Labute approximate surface area is 202 Å². The van der Waals surface area contributed by atoms with Crippen molar-refractivity contribution in [3.05, 3.63) is 90.8 Å². The van der Waals surface area contributed by atoms with Crippen LogP contribution in [0.2, 0.25) is 0 Å². The molecule has 35 heavy (non-hydrogen) atoms. The molecule has 0 aliphatic carbocycles. The fourth-order valence-electron chi connectivity index (χ4n) is 5.15.